The molecule has 140 valence electrons. The number of halogens is 1. The highest BCUT2D eigenvalue weighted by atomic mass is 19.1. The molecule has 1 aliphatic heterocycles. The average molecular weight is 364 g/mol. The number of nitrogens with zero attached hydrogens (tertiary/aromatic N) is 2. The predicted molar refractivity (Wildman–Crippen MR) is 105 cm³/mol. The lowest BCUT2D eigenvalue weighted by Crippen LogP contribution is -2.29. The van der Waals surface area contributed by atoms with E-state index in [1.54, 1.807) is 12.1 Å². The summed E-state index contributed by atoms with van der Waals surface area (Å²) in [4.78, 5) is 2.49. The molecule has 0 bridgehead atoms. The van der Waals surface area contributed by atoms with Crippen molar-refractivity contribution in [3.8, 4) is 5.75 Å². The summed E-state index contributed by atoms with van der Waals surface area (Å²) in [7, 11) is 0. The number of fused-ring (bicyclic) bond motifs is 1. The first-order valence-corrected chi connectivity index (χ1v) is 9.61. The van der Waals surface area contributed by atoms with Crippen LogP contribution in [-0.2, 0) is 13.1 Å². The van der Waals surface area contributed by atoms with Gasteiger partial charge in [-0.3, -0.25) is 4.90 Å². The van der Waals surface area contributed by atoms with Crippen LogP contribution in [0.1, 0.15) is 36.2 Å². The van der Waals surface area contributed by atoms with E-state index in [0.717, 1.165) is 37.4 Å². The Morgan fingerprint density at radius 3 is 2.52 bits per heavy atom. The first kappa shape index (κ1) is 17.8. The Labute approximate surface area is 160 Å². The largest absolute Gasteiger partial charge is 0.494 e. The number of benzene rings is 2. The number of aryl methyl sites for hydroxylation is 1. The van der Waals surface area contributed by atoms with Gasteiger partial charge in [0.25, 0.3) is 0 Å². The number of ether oxygens (including phenoxy) is 1. The molecule has 0 N–H and O–H groups in total. The second-order valence-electron chi connectivity index (χ2n) is 6.98. The molecule has 0 aliphatic carbocycles. The van der Waals surface area contributed by atoms with Gasteiger partial charge in [-0.2, -0.15) is 0 Å². The third kappa shape index (κ3) is 3.91. The van der Waals surface area contributed by atoms with Crippen molar-refractivity contribution in [3.63, 3.8) is 0 Å². The van der Waals surface area contributed by atoms with Crippen molar-refractivity contribution in [2.75, 3.05) is 13.2 Å². The van der Waals surface area contributed by atoms with Gasteiger partial charge in [-0.05, 0) is 60.9 Å². The van der Waals surface area contributed by atoms with Gasteiger partial charge in [0.05, 0.1) is 12.6 Å². The Morgan fingerprint density at radius 1 is 1.00 bits per heavy atom. The zero-order valence-electron chi connectivity index (χ0n) is 15.6. The van der Waals surface area contributed by atoms with Crippen LogP contribution in [0, 0.1) is 5.82 Å². The fraction of sp³-hybridized carbons (Fsp3) is 0.304. The summed E-state index contributed by atoms with van der Waals surface area (Å²) in [6, 6.07) is 19.8. The minimum atomic E-state index is -0.188. The number of aromatic nitrogens is 1. The van der Waals surface area contributed by atoms with Gasteiger partial charge in [0, 0.05) is 31.5 Å². The minimum absolute atomic E-state index is 0.170. The zero-order valence-corrected chi connectivity index (χ0v) is 15.6. The average Bonchev–Trinajstić information content (AvgIpc) is 3.06. The lowest BCUT2D eigenvalue weighted by molar-refractivity contribution is 0.220. The molecular weight excluding hydrogens is 339 g/mol. The van der Waals surface area contributed by atoms with Crippen LogP contribution >= 0.6 is 0 Å². The lowest BCUT2D eigenvalue weighted by Gasteiger charge is -2.31. The highest BCUT2D eigenvalue weighted by molar-refractivity contribution is 5.34. The van der Waals surface area contributed by atoms with E-state index in [4.69, 9.17) is 4.74 Å². The Kier molecular flexibility index (Phi) is 5.26. The number of rotatable bonds is 5. The monoisotopic (exact) mass is 364 g/mol. The second-order valence-corrected chi connectivity index (χ2v) is 6.98. The highest BCUT2D eigenvalue weighted by Crippen LogP contribution is 2.33. The Hall–Kier alpha value is -2.59. The van der Waals surface area contributed by atoms with Crippen LogP contribution in [0.5, 0.6) is 5.75 Å². The van der Waals surface area contributed by atoms with E-state index in [1.807, 2.05) is 31.2 Å². The standard InChI is InChI=1S/C23H25FN2O/c1-2-27-21-12-8-19(9-13-21)23-22-5-3-14-25(22)15-4-16-26(23)17-18-6-10-20(24)11-7-18/h3,5-14,23H,2,4,15-17H2,1H3. The van der Waals surface area contributed by atoms with E-state index in [-0.39, 0.29) is 11.9 Å². The molecular formula is C23H25FN2O. The van der Waals surface area contributed by atoms with Crippen LogP contribution in [0.25, 0.3) is 0 Å². The predicted octanol–water partition coefficient (Wildman–Crippen LogP) is 5.02. The third-order valence-corrected chi connectivity index (χ3v) is 5.16. The minimum Gasteiger partial charge on any atom is -0.494 e. The van der Waals surface area contributed by atoms with Crippen LogP contribution in [0.3, 0.4) is 0 Å². The molecule has 2 heterocycles. The molecule has 3 nitrogen and oxygen atoms in total. The molecule has 1 atom stereocenters. The van der Waals surface area contributed by atoms with Gasteiger partial charge in [0.15, 0.2) is 0 Å². The van der Waals surface area contributed by atoms with Gasteiger partial charge in [-0.15, -0.1) is 0 Å². The van der Waals surface area contributed by atoms with Crippen molar-refractivity contribution in [1.29, 1.82) is 0 Å². The summed E-state index contributed by atoms with van der Waals surface area (Å²) in [5.41, 5.74) is 3.69. The van der Waals surface area contributed by atoms with Gasteiger partial charge >= 0.3 is 0 Å². The topological polar surface area (TPSA) is 17.4 Å². The van der Waals surface area contributed by atoms with E-state index in [0.29, 0.717) is 6.61 Å². The van der Waals surface area contributed by atoms with Crippen LogP contribution < -0.4 is 4.74 Å². The first-order valence-electron chi connectivity index (χ1n) is 9.61. The fourth-order valence-corrected chi connectivity index (χ4v) is 3.93. The maximum Gasteiger partial charge on any atom is 0.123 e. The zero-order chi connectivity index (χ0) is 18.6. The van der Waals surface area contributed by atoms with Crippen molar-refractivity contribution in [2.45, 2.75) is 32.5 Å². The Bertz CT molecular complexity index is 870. The summed E-state index contributed by atoms with van der Waals surface area (Å²) in [5, 5.41) is 0. The van der Waals surface area contributed by atoms with Crippen molar-refractivity contribution < 1.29 is 9.13 Å². The molecule has 0 saturated carbocycles. The molecule has 0 spiro atoms. The van der Waals surface area contributed by atoms with Crippen LogP contribution in [-0.4, -0.2) is 22.6 Å². The molecule has 0 saturated heterocycles. The normalized spacial score (nSPS) is 17.3. The molecule has 0 fully saturated rings. The summed E-state index contributed by atoms with van der Waals surface area (Å²) in [6.07, 6.45) is 3.26. The lowest BCUT2D eigenvalue weighted by atomic mass is 10.0. The summed E-state index contributed by atoms with van der Waals surface area (Å²) < 4.78 is 21.3. The third-order valence-electron chi connectivity index (χ3n) is 5.16. The van der Waals surface area contributed by atoms with E-state index in [9.17, 15) is 4.39 Å². The molecule has 1 aliphatic rings. The molecule has 3 aromatic rings. The second kappa shape index (κ2) is 7.97. The van der Waals surface area contributed by atoms with Crippen molar-refractivity contribution in [3.05, 3.63) is 89.5 Å². The molecule has 1 unspecified atom stereocenters. The van der Waals surface area contributed by atoms with Gasteiger partial charge in [0.2, 0.25) is 0 Å². The smallest absolute Gasteiger partial charge is 0.123 e. The van der Waals surface area contributed by atoms with Gasteiger partial charge < -0.3 is 9.30 Å². The summed E-state index contributed by atoms with van der Waals surface area (Å²) in [5.74, 6) is 0.710. The fourth-order valence-electron chi connectivity index (χ4n) is 3.93. The quantitative estimate of drug-likeness (QED) is 0.632. The van der Waals surface area contributed by atoms with E-state index < -0.39 is 0 Å². The maximum absolute atomic E-state index is 13.3. The molecule has 2 aromatic carbocycles. The van der Waals surface area contributed by atoms with Gasteiger partial charge in [-0.1, -0.05) is 24.3 Å². The van der Waals surface area contributed by atoms with Crippen molar-refractivity contribution in [2.24, 2.45) is 0 Å². The SMILES string of the molecule is CCOc1ccc(C2c3cccn3CCCN2Cc2ccc(F)cc2)cc1. The summed E-state index contributed by atoms with van der Waals surface area (Å²) in [6.45, 7) is 5.48. The van der Waals surface area contributed by atoms with E-state index in [2.05, 4.69) is 39.9 Å². The highest BCUT2D eigenvalue weighted by Gasteiger charge is 2.27. The molecule has 0 amide bonds. The summed E-state index contributed by atoms with van der Waals surface area (Å²) >= 11 is 0. The number of hydrogen-bond donors (Lipinski definition) is 0. The van der Waals surface area contributed by atoms with E-state index >= 15 is 0 Å². The molecule has 27 heavy (non-hydrogen) atoms. The van der Waals surface area contributed by atoms with Crippen LogP contribution in [0.15, 0.2) is 66.9 Å². The van der Waals surface area contributed by atoms with Crippen molar-refractivity contribution >= 4 is 0 Å². The van der Waals surface area contributed by atoms with Gasteiger partial charge in [-0.25, -0.2) is 4.39 Å². The van der Waals surface area contributed by atoms with Crippen LogP contribution in [0.2, 0.25) is 0 Å². The van der Waals surface area contributed by atoms with Crippen molar-refractivity contribution in [1.82, 2.24) is 9.47 Å². The Balaban J connectivity index is 1.68. The Morgan fingerprint density at radius 2 is 1.78 bits per heavy atom. The van der Waals surface area contributed by atoms with E-state index in [1.165, 1.54) is 11.3 Å². The number of hydrogen-bond acceptors (Lipinski definition) is 2. The maximum atomic E-state index is 13.3. The van der Waals surface area contributed by atoms with Gasteiger partial charge in [0.1, 0.15) is 11.6 Å². The molecule has 1 aromatic heterocycles. The molecule has 4 heteroatoms. The molecule has 0 radical (unpaired) electrons. The first-order chi connectivity index (χ1) is 13.2. The van der Waals surface area contributed by atoms with Crippen LogP contribution in [0.4, 0.5) is 4.39 Å². The molecule has 4 rings (SSSR count).